The molecule has 5 nitrogen and oxygen atoms in total. The largest absolute Gasteiger partial charge is 0.456 e. The van der Waals surface area contributed by atoms with Crippen molar-refractivity contribution in [2.24, 2.45) is 5.73 Å². The summed E-state index contributed by atoms with van der Waals surface area (Å²) in [6.07, 6.45) is 0.797. The molecule has 21 heavy (non-hydrogen) atoms. The van der Waals surface area contributed by atoms with Gasteiger partial charge in [-0.15, -0.1) is 0 Å². The zero-order chi connectivity index (χ0) is 15.3. The minimum absolute atomic E-state index is 0.110. The summed E-state index contributed by atoms with van der Waals surface area (Å²) in [7, 11) is -2.19. The molecule has 0 aliphatic heterocycles. The fraction of sp³-hybridized carbons (Fsp3) is 0.200. The van der Waals surface area contributed by atoms with Gasteiger partial charge in [-0.25, -0.2) is 13.1 Å². The van der Waals surface area contributed by atoms with E-state index in [1.807, 2.05) is 12.1 Å². The molecule has 0 aliphatic carbocycles. The Morgan fingerprint density at radius 2 is 1.76 bits per heavy atom. The average Bonchev–Trinajstić information content (AvgIpc) is 2.50. The molecule has 0 aromatic heterocycles. The summed E-state index contributed by atoms with van der Waals surface area (Å²) < 4.78 is 31.9. The number of nitrogens with two attached hydrogens (primary N) is 1. The summed E-state index contributed by atoms with van der Waals surface area (Å²) in [6, 6.07) is 13.9. The molecule has 2 aromatic rings. The number of benzene rings is 2. The first-order chi connectivity index (χ1) is 10.1. The molecule has 6 heteroatoms. The van der Waals surface area contributed by atoms with Gasteiger partial charge < -0.3 is 10.5 Å². The van der Waals surface area contributed by atoms with Gasteiger partial charge in [0.05, 0.1) is 0 Å². The normalized spacial score (nSPS) is 11.3. The lowest BCUT2D eigenvalue weighted by Crippen LogP contribution is -2.19. The maximum Gasteiger partial charge on any atom is 0.244 e. The molecule has 0 atom stereocenters. The van der Waals surface area contributed by atoms with Crippen LogP contribution in [0.1, 0.15) is 5.56 Å². The maximum atomic E-state index is 11.9. The van der Waals surface area contributed by atoms with Crippen LogP contribution >= 0.6 is 0 Å². The van der Waals surface area contributed by atoms with Crippen LogP contribution in [-0.2, 0) is 16.4 Å². The molecular weight excluding hydrogens is 288 g/mol. The molecule has 0 spiro atoms. The predicted molar refractivity (Wildman–Crippen MR) is 82.0 cm³/mol. The Morgan fingerprint density at radius 1 is 1.10 bits per heavy atom. The van der Waals surface area contributed by atoms with E-state index in [4.69, 9.17) is 10.5 Å². The van der Waals surface area contributed by atoms with Gasteiger partial charge in [-0.2, -0.15) is 0 Å². The monoisotopic (exact) mass is 306 g/mol. The van der Waals surface area contributed by atoms with E-state index in [-0.39, 0.29) is 4.90 Å². The van der Waals surface area contributed by atoms with Gasteiger partial charge in [0, 0.05) is 0 Å². The zero-order valence-electron chi connectivity index (χ0n) is 11.7. The minimum atomic E-state index is -3.56. The number of nitrogens with one attached hydrogen (secondary N) is 1. The van der Waals surface area contributed by atoms with E-state index < -0.39 is 10.0 Å². The van der Waals surface area contributed by atoms with Gasteiger partial charge in [0.25, 0.3) is 0 Å². The first-order valence-corrected chi connectivity index (χ1v) is 8.04. The third-order valence-corrected chi connectivity index (χ3v) is 4.45. The van der Waals surface area contributed by atoms with E-state index in [2.05, 4.69) is 4.72 Å². The Labute approximate surface area is 124 Å². The Bertz CT molecular complexity index is 697. The van der Waals surface area contributed by atoms with Crippen LogP contribution in [0.25, 0.3) is 0 Å². The minimum Gasteiger partial charge on any atom is -0.456 e. The molecule has 0 fully saturated rings. The van der Waals surface area contributed by atoms with Crippen LogP contribution in [-0.4, -0.2) is 22.0 Å². The van der Waals surface area contributed by atoms with Crippen molar-refractivity contribution in [3.63, 3.8) is 0 Å². The van der Waals surface area contributed by atoms with Crippen LogP contribution in [0, 0.1) is 0 Å². The number of ether oxygens (including phenoxy) is 1. The average molecular weight is 306 g/mol. The van der Waals surface area contributed by atoms with Crippen molar-refractivity contribution in [2.75, 3.05) is 13.6 Å². The van der Waals surface area contributed by atoms with Gasteiger partial charge in [-0.3, -0.25) is 0 Å². The fourth-order valence-corrected chi connectivity index (χ4v) is 2.74. The zero-order valence-corrected chi connectivity index (χ0v) is 12.6. The lowest BCUT2D eigenvalue weighted by Gasteiger charge is -2.11. The second-order valence-electron chi connectivity index (χ2n) is 4.44. The molecule has 2 aromatic carbocycles. The quantitative estimate of drug-likeness (QED) is 0.854. The summed E-state index contributed by atoms with van der Waals surface area (Å²) in [5.41, 5.74) is 6.61. The standard InChI is InChI=1S/C15H18N2O3S/c1-17-21(18,19)15-5-3-2-4-14(15)20-13-8-6-12(7-9-13)10-11-16/h2-9,17H,10-11,16H2,1H3. The molecule has 0 saturated carbocycles. The predicted octanol–water partition coefficient (Wildman–Crippen LogP) is 1.89. The maximum absolute atomic E-state index is 11.9. The van der Waals surface area contributed by atoms with Crippen LogP contribution in [0.2, 0.25) is 0 Å². The molecule has 0 saturated heterocycles. The molecule has 112 valence electrons. The summed E-state index contributed by atoms with van der Waals surface area (Å²) in [5.74, 6) is 0.868. The van der Waals surface area contributed by atoms with Crippen LogP contribution in [0.15, 0.2) is 53.4 Å². The fourth-order valence-electron chi connectivity index (χ4n) is 1.88. The van der Waals surface area contributed by atoms with Crippen LogP contribution in [0.4, 0.5) is 0 Å². The second-order valence-corrected chi connectivity index (χ2v) is 6.29. The Hall–Kier alpha value is -1.89. The lowest BCUT2D eigenvalue weighted by atomic mass is 10.1. The molecule has 0 heterocycles. The summed E-state index contributed by atoms with van der Waals surface area (Å²) in [5, 5.41) is 0. The van der Waals surface area contributed by atoms with Gasteiger partial charge in [0.2, 0.25) is 10.0 Å². The van der Waals surface area contributed by atoms with E-state index in [0.29, 0.717) is 18.0 Å². The van der Waals surface area contributed by atoms with Crippen molar-refractivity contribution in [1.82, 2.24) is 4.72 Å². The SMILES string of the molecule is CNS(=O)(=O)c1ccccc1Oc1ccc(CCN)cc1. The van der Waals surface area contributed by atoms with E-state index in [1.165, 1.54) is 13.1 Å². The van der Waals surface area contributed by atoms with Gasteiger partial charge in [-0.05, 0) is 49.8 Å². The topological polar surface area (TPSA) is 81.4 Å². The smallest absolute Gasteiger partial charge is 0.244 e. The summed E-state index contributed by atoms with van der Waals surface area (Å²) >= 11 is 0. The lowest BCUT2D eigenvalue weighted by molar-refractivity contribution is 0.466. The van der Waals surface area contributed by atoms with Crippen LogP contribution in [0.3, 0.4) is 0 Å². The molecular formula is C15H18N2O3S. The number of sulfonamides is 1. The van der Waals surface area contributed by atoms with Gasteiger partial charge in [-0.1, -0.05) is 24.3 Å². The molecule has 2 rings (SSSR count). The third kappa shape index (κ3) is 3.81. The molecule has 0 aliphatic rings. The Balaban J connectivity index is 2.28. The highest BCUT2D eigenvalue weighted by Crippen LogP contribution is 2.28. The van der Waals surface area contributed by atoms with Crippen molar-refractivity contribution in [2.45, 2.75) is 11.3 Å². The Kier molecular flexibility index (Phi) is 4.95. The van der Waals surface area contributed by atoms with Crippen LogP contribution in [0.5, 0.6) is 11.5 Å². The summed E-state index contributed by atoms with van der Waals surface area (Å²) in [6.45, 7) is 0.587. The molecule has 0 bridgehead atoms. The molecule has 0 unspecified atom stereocenters. The van der Waals surface area contributed by atoms with E-state index in [9.17, 15) is 8.42 Å². The highest BCUT2D eigenvalue weighted by atomic mass is 32.2. The molecule has 0 radical (unpaired) electrons. The number of hydrogen-bond acceptors (Lipinski definition) is 4. The van der Waals surface area contributed by atoms with Crippen molar-refractivity contribution in [3.05, 3.63) is 54.1 Å². The van der Waals surface area contributed by atoms with Gasteiger partial charge in [0.15, 0.2) is 0 Å². The van der Waals surface area contributed by atoms with Crippen molar-refractivity contribution >= 4 is 10.0 Å². The highest BCUT2D eigenvalue weighted by molar-refractivity contribution is 7.89. The highest BCUT2D eigenvalue weighted by Gasteiger charge is 2.17. The first kappa shape index (κ1) is 15.5. The third-order valence-electron chi connectivity index (χ3n) is 2.99. The van der Waals surface area contributed by atoms with Crippen LogP contribution < -0.4 is 15.2 Å². The molecule has 3 N–H and O–H groups in total. The number of rotatable bonds is 6. The second kappa shape index (κ2) is 6.71. The Morgan fingerprint density at radius 3 is 2.38 bits per heavy atom. The van der Waals surface area contributed by atoms with E-state index in [0.717, 1.165) is 12.0 Å². The first-order valence-electron chi connectivity index (χ1n) is 6.56. The number of hydrogen-bond donors (Lipinski definition) is 2. The van der Waals surface area contributed by atoms with E-state index in [1.54, 1.807) is 30.3 Å². The van der Waals surface area contributed by atoms with Gasteiger partial charge in [0.1, 0.15) is 16.4 Å². The van der Waals surface area contributed by atoms with Crippen molar-refractivity contribution in [3.8, 4) is 11.5 Å². The number of para-hydroxylation sites is 1. The van der Waals surface area contributed by atoms with Gasteiger partial charge >= 0.3 is 0 Å². The van der Waals surface area contributed by atoms with E-state index >= 15 is 0 Å². The summed E-state index contributed by atoms with van der Waals surface area (Å²) in [4.78, 5) is 0.110. The van der Waals surface area contributed by atoms with Crippen molar-refractivity contribution in [1.29, 1.82) is 0 Å². The van der Waals surface area contributed by atoms with Crippen molar-refractivity contribution < 1.29 is 13.2 Å². The molecule has 0 amide bonds.